The van der Waals surface area contributed by atoms with Crippen molar-refractivity contribution in [2.75, 3.05) is 6.61 Å². The first kappa shape index (κ1) is 15.4. The number of para-hydroxylation sites is 1. The lowest BCUT2D eigenvalue weighted by Crippen LogP contribution is -2.30. The number of halogens is 1. The summed E-state index contributed by atoms with van der Waals surface area (Å²) in [6, 6.07) is 14.8. The van der Waals surface area contributed by atoms with Crippen LogP contribution in [-0.2, 0) is 9.53 Å². The van der Waals surface area contributed by atoms with Crippen LogP contribution in [0.5, 0.6) is 0 Å². The van der Waals surface area contributed by atoms with Gasteiger partial charge in [-0.2, -0.15) is 0 Å². The molecule has 4 nitrogen and oxygen atoms in total. The minimum atomic E-state index is -0.611. The molecule has 1 heterocycles. The van der Waals surface area contributed by atoms with Crippen LogP contribution < -0.4 is 0 Å². The fourth-order valence-electron chi connectivity index (χ4n) is 2.38. The zero-order valence-electron chi connectivity index (χ0n) is 12.6. The summed E-state index contributed by atoms with van der Waals surface area (Å²) in [5, 5.41) is 0.640. The summed E-state index contributed by atoms with van der Waals surface area (Å²) in [5.41, 5.74) is 2.99. The molecule has 1 unspecified atom stereocenters. The molecule has 2 aromatic carbocycles. The van der Waals surface area contributed by atoms with E-state index >= 15 is 0 Å². The first-order valence-electron chi connectivity index (χ1n) is 7.33. The van der Waals surface area contributed by atoms with Crippen molar-refractivity contribution in [1.82, 2.24) is 0 Å². The number of nitrogens with zero attached hydrogens (tertiary/aromatic N) is 2. The largest absolute Gasteiger partial charge is 0.465 e. The van der Waals surface area contributed by atoms with Crippen LogP contribution in [0, 0.1) is 5.92 Å². The van der Waals surface area contributed by atoms with Gasteiger partial charge in [-0.1, -0.05) is 29.8 Å². The van der Waals surface area contributed by atoms with E-state index in [1.807, 2.05) is 36.4 Å². The number of fused-ring (bicyclic) bond motifs is 1. The predicted octanol–water partition coefficient (Wildman–Crippen LogP) is 4.36. The summed E-state index contributed by atoms with van der Waals surface area (Å²) in [6.45, 7) is 2.10. The van der Waals surface area contributed by atoms with Crippen LogP contribution in [0.1, 0.15) is 12.5 Å². The average molecular weight is 327 g/mol. The van der Waals surface area contributed by atoms with Gasteiger partial charge < -0.3 is 4.74 Å². The van der Waals surface area contributed by atoms with Gasteiger partial charge in [0.2, 0.25) is 0 Å². The molecule has 0 aliphatic carbocycles. The van der Waals surface area contributed by atoms with E-state index in [-0.39, 0.29) is 5.97 Å². The number of hydrogen-bond acceptors (Lipinski definition) is 4. The smallest absolute Gasteiger partial charge is 0.320 e. The van der Waals surface area contributed by atoms with E-state index in [2.05, 4.69) is 9.98 Å². The topological polar surface area (TPSA) is 51.0 Å². The van der Waals surface area contributed by atoms with Gasteiger partial charge in [0.1, 0.15) is 5.92 Å². The molecular weight excluding hydrogens is 312 g/mol. The third-order valence-corrected chi connectivity index (χ3v) is 3.71. The zero-order chi connectivity index (χ0) is 16.2. The Bertz CT molecular complexity index is 782. The third-order valence-electron chi connectivity index (χ3n) is 3.45. The Hall–Kier alpha value is -2.46. The molecule has 0 fully saturated rings. The van der Waals surface area contributed by atoms with Gasteiger partial charge in [-0.05, 0) is 37.3 Å². The lowest BCUT2D eigenvalue weighted by atomic mass is 9.93. The van der Waals surface area contributed by atoms with E-state index in [9.17, 15) is 4.79 Å². The molecule has 5 heteroatoms. The van der Waals surface area contributed by atoms with E-state index in [1.165, 1.54) is 0 Å². The van der Waals surface area contributed by atoms with Crippen molar-refractivity contribution >= 4 is 40.9 Å². The molecule has 0 saturated carbocycles. The van der Waals surface area contributed by atoms with Crippen LogP contribution in [0.25, 0.3) is 0 Å². The Morgan fingerprint density at radius 2 is 1.96 bits per heavy atom. The molecule has 1 aliphatic heterocycles. The van der Waals surface area contributed by atoms with Crippen molar-refractivity contribution in [1.29, 1.82) is 0 Å². The summed E-state index contributed by atoms with van der Waals surface area (Å²) >= 11 is 5.91. The van der Waals surface area contributed by atoms with E-state index in [0.29, 0.717) is 17.3 Å². The Morgan fingerprint density at radius 3 is 2.70 bits per heavy atom. The van der Waals surface area contributed by atoms with Gasteiger partial charge in [0.25, 0.3) is 0 Å². The molecule has 1 atom stereocenters. The molecule has 0 spiro atoms. The summed E-state index contributed by atoms with van der Waals surface area (Å²) in [4.78, 5) is 21.3. The minimum absolute atomic E-state index is 0.318. The van der Waals surface area contributed by atoms with Crippen molar-refractivity contribution in [3.8, 4) is 0 Å². The van der Waals surface area contributed by atoms with E-state index < -0.39 is 5.92 Å². The molecule has 2 aromatic rings. The maximum absolute atomic E-state index is 12.2. The average Bonchev–Trinajstić information content (AvgIpc) is 2.57. The Morgan fingerprint density at radius 1 is 1.22 bits per heavy atom. The van der Waals surface area contributed by atoms with Crippen LogP contribution in [0.2, 0.25) is 5.02 Å². The highest BCUT2D eigenvalue weighted by Crippen LogP contribution is 2.29. The van der Waals surface area contributed by atoms with Gasteiger partial charge in [-0.15, -0.1) is 0 Å². The van der Waals surface area contributed by atoms with Crippen LogP contribution >= 0.6 is 11.6 Å². The number of carbonyl (C=O) groups is 1. The first-order valence-corrected chi connectivity index (χ1v) is 7.71. The number of esters is 1. The highest BCUT2D eigenvalue weighted by Gasteiger charge is 2.29. The molecular formula is C18H15ClN2O2. The van der Waals surface area contributed by atoms with Gasteiger partial charge in [-0.25, -0.2) is 0 Å². The highest BCUT2D eigenvalue weighted by molar-refractivity contribution is 6.30. The predicted molar refractivity (Wildman–Crippen MR) is 92.4 cm³/mol. The molecule has 0 radical (unpaired) electrons. The van der Waals surface area contributed by atoms with Gasteiger partial charge in [-0.3, -0.25) is 14.8 Å². The van der Waals surface area contributed by atoms with Crippen LogP contribution in [0.15, 0.2) is 58.5 Å². The van der Waals surface area contributed by atoms with Crippen LogP contribution in [0.4, 0.5) is 11.4 Å². The SMILES string of the molecule is CCOC(=O)C1C=Nc2ccccc2C1=Nc1ccc(Cl)cc1. The number of benzene rings is 2. The first-order chi connectivity index (χ1) is 11.2. The van der Waals surface area contributed by atoms with E-state index in [4.69, 9.17) is 16.3 Å². The van der Waals surface area contributed by atoms with E-state index in [1.54, 1.807) is 25.3 Å². The number of hydrogen-bond donors (Lipinski definition) is 0. The number of ether oxygens (including phenoxy) is 1. The van der Waals surface area contributed by atoms with Gasteiger partial charge >= 0.3 is 5.97 Å². The van der Waals surface area contributed by atoms with Crippen LogP contribution in [-0.4, -0.2) is 24.5 Å². The lowest BCUT2D eigenvalue weighted by molar-refractivity contribution is -0.143. The number of carbonyl (C=O) groups excluding carboxylic acids is 1. The molecule has 0 aromatic heterocycles. The molecule has 3 rings (SSSR count). The van der Waals surface area contributed by atoms with Crippen molar-refractivity contribution in [3.63, 3.8) is 0 Å². The summed E-state index contributed by atoms with van der Waals surface area (Å²) in [7, 11) is 0. The second-order valence-electron chi connectivity index (χ2n) is 5.00. The molecule has 0 bridgehead atoms. The number of rotatable bonds is 3. The molecule has 23 heavy (non-hydrogen) atoms. The quantitative estimate of drug-likeness (QED) is 0.787. The zero-order valence-corrected chi connectivity index (χ0v) is 13.3. The van der Waals surface area contributed by atoms with Crippen LogP contribution in [0.3, 0.4) is 0 Å². The van der Waals surface area contributed by atoms with Crippen molar-refractivity contribution in [2.45, 2.75) is 6.92 Å². The normalized spacial score (nSPS) is 17.8. The second kappa shape index (κ2) is 6.75. The summed E-state index contributed by atoms with van der Waals surface area (Å²) in [5.74, 6) is -0.959. The van der Waals surface area contributed by atoms with Gasteiger partial charge in [0.05, 0.1) is 23.7 Å². The van der Waals surface area contributed by atoms with Gasteiger partial charge in [0, 0.05) is 16.8 Å². The standard InChI is InChI=1S/C18H15ClN2O2/c1-2-23-18(22)15-11-20-16-6-4-3-5-14(16)17(15)21-13-9-7-12(19)8-10-13/h3-11,15H,2H2,1H3. The lowest BCUT2D eigenvalue weighted by Gasteiger charge is -2.20. The monoisotopic (exact) mass is 326 g/mol. The maximum atomic E-state index is 12.2. The fourth-order valence-corrected chi connectivity index (χ4v) is 2.51. The number of aliphatic imine (C=N–C) groups is 2. The summed E-state index contributed by atoms with van der Waals surface area (Å²) in [6.07, 6.45) is 1.59. The molecule has 0 saturated heterocycles. The third kappa shape index (κ3) is 3.32. The van der Waals surface area contributed by atoms with Crippen molar-refractivity contribution < 1.29 is 9.53 Å². The molecule has 116 valence electrons. The molecule has 0 N–H and O–H groups in total. The van der Waals surface area contributed by atoms with Gasteiger partial charge in [0.15, 0.2) is 0 Å². The maximum Gasteiger partial charge on any atom is 0.320 e. The summed E-state index contributed by atoms with van der Waals surface area (Å²) < 4.78 is 5.15. The molecule has 1 aliphatic rings. The Balaban J connectivity index is 2.08. The fraction of sp³-hybridized carbons (Fsp3) is 0.167. The molecule has 0 amide bonds. The Kier molecular flexibility index (Phi) is 4.53. The highest BCUT2D eigenvalue weighted by atomic mass is 35.5. The minimum Gasteiger partial charge on any atom is -0.465 e. The van der Waals surface area contributed by atoms with Crippen molar-refractivity contribution in [2.24, 2.45) is 15.9 Å². The van der Waals surface area contributed by atoms with Crippen molar-refractivity contribution in [3.05, 3.63) is 59.1 Å². The second-order valence-corrected chi connectivity index (χ2v) is 5.43. The Labute approximate surface area is 139 Å². The van der Waals surface area contributed by atoms with E-state index in [0.717, 1.165) is 16.9 Å².